The van der Waals surface area contributed by atoms with E-state index in [4.69, 9.17) is 10.5 Å². The highest BCUT2D eigenvalue weighted by atomic mass is 32.2. The molecular weight excluding hydrogens is 360 g/mol. The predicted molar refractivity (Wildman–Crippen MR) is 98.5 cm³/mol. The van der Waals surface area contributed by atoms with Crippen LogP contribution in [0.3, 0.4) is 0 Å². The molecule has 7 nitrogen and oxygen atoms in total. The molecule has 3 N–H and O–H groups in total. The molecule has 1 atom stereocenters. The molecule has 0 aromatic carbocycles. The van der Waals surface area contributed by atoms with E-state index in [-0.39, 0.29) is 29.1 Å². The van der Waals surface area contributed by atoms with E-state index >= 15 is 0 Å². The number of nitrogens with two attached hydrogens (primary N) is 1. The van der Waals surface area contributed by atoms with E-state index in [1.807, 2.05) is 24.4 Å². The Balaban J connectivity index is 1.99. The minimum absolute atomic E-state index is 0.0461. The Labute approximate surface area is 154 Å². The SMILES string of the molecule is CCOC(=O)c1cnc(SC(CC)C(=O)NCc2cccs2)nc1N. The first-order valence-electron chi connectivity index (χ1n) is 7.81. The average molecular weight is 380 g/mol. The fourth-order valence-electron chi connectivity index (χ4n) is 1.95. The highest BCUT2D eigenvalue weighted by molar-refractivity contribution is 8.00. The molecule has 0 aliphatic carbocycles. The summed E-state index contributed by atoms with van der Waals surface area (Å²) in [4.78, 5) is 33.4. The van der Waals surface area contributed by atoms with Crippen molar-refractivity contribution in [2.45, 2.75) is 37.2 Å². The number of aromatic nitrogens is 2. The van der Waals surface area contributed by atoms with Gasteiger partial charge in [0, 0.05) is 11.1 Å². The summed E-state index contributed by atoms with van der Waals surface area (Å²) in [6.07, 6.45) is 1.95. The van der Waals surface area contributed by atoms with Gasteiger partial charge >= 0.3 is 5.97 Å². The Morgan fingerprint density at radius 2 is 2.24 bits per heavy atom. The quantitative estimate of drug-likeness (QED) is 0.411. The molecule has 0 saturated heterocycles. The molecule has 0 radical (unpaired) electrons. The topological polar surface area (TPSA) is 107 Å². The van der Waals surface area contributed by atoms with Crippen LogP contribution in [0.5, 0.6) is 0 Å². The first-order valence-corrected chi connectivity index (χ1v) is 9.57. The van der Waals surface area contributed by atoms with Crippen molar-refractivity contribution in [3.8, 4) is 0 Å². The van der Waals surface area contributed by atoms with Gasteiger partial charge in [0.1, 0.15) is 11.4 Å². The first kappa shape index (κ1) is 19.2. The van der Waals surface area contributed by atoms with Crippen molar-refractivity contribution in [2.24, 2.45) is 0 Å². The normalized spacial score (nSPS) is 11.8. The Morgan fingerprint density at radius 1 is 1.44 bits per heavy atom. The zero-order chi connectivity index (χ0) is 18.2. The summed E-state index contributed by atoms with van der Waals surface area (Å²) in [6, 6.07) is 3.91. The van der Waals surface area contributed by atoms with Gasteiger partial charge in [0.2, 0.25) is 5.91 Å². The third-order valence-corrected chi connectivity index (χ3v) is 5.34. The lowest BCUT2D eigenvalue weighted by Crippen LogP contribution is -2.31. The minimum Gasteiger partial charge on any atom is -0.462 e. The number of ether oxygens (including phenoxy) is 1. The monoisotopic (exact) mass is 380 g/mol. The lowest BCUT2D eigenvalue weighted by atomic mass is 10.3. The van der Waals surface area contributed by atoms with E-state index in [0.29, 0.717) is 18.1 Å². The number of anilines is 1. The van der Waals surface area contributed by atoms with Gasteiger partial charge in [-0.15, -0.1) is 11.3 Å². The van der Waals surface area contributed by atoms with Gasteiger partial charge < -0.3 is 15.8 Å². The van der Waals surface area contributed by atoms with Crippen LogP contribution in [0.15, 0.2) is 28.9 Å². The van der Waals surface area contributed by atoms with Crippen molar-refractivity contribution in [1.29, 1.82) is 0 Å². The van der Waals surface area contributed by atoms with E-state index in [0.717, 1.165) is 4.88 Å². The molecule has 1 amide bonds. The largest absolute Gasteiger partial charge is 0.462 e. The summed E-state index contributed by atoms with van der Waals surface area (Å²) in [6.45, 7) is 4.37. The fourth-order valence-corrected chi connectivity index (χ4v) is 3.47. The van der Waals surface area contributed by atoms with E-state index in [1.54, 1.807) is 18.3 Å². The third-order valence-electron chi connectivity index (χ3n) is 3.22. The summed E-state index contributed by atoms with van der Waals surface area (Å²) >= 11 is 2.81. The van der Waals surface area contributed by atoms with Crippen molar-refractivity contribution >= 4 is 40.8 Å². The number of rotatable bonds is 8. The third kappa shape index (κ3) is 5.43. The van der Waals surface area contributed by atoms with Crippen LogP contribution in [0.2, 0.25) is 0 Å². The number of nitrogens with one attached hydrogen (secondary N) is 1. The fraction of sp³-hybridized carbons (Fsp3) is 0.375. The summed E-state index contributed by atoms with van der Waals surface area (Å²) < 4.78 is 4.89. The molecule has 2 heterocycles. The molecule has 2 rings (SSSR count). The standard InChI is InChI=1S/C16H20N4O3S2/c1-3-12(14(21)18-8-10-6-5-7-24-10)25-16-19-9-11(13(17)20-16)15(22)23-4-2/h5-7,9,12H,3-4,8H2,1-2H3,(H,18,21)(H2,17,19,20). The maximum Gasteiger partial charge on any atom is 0.343 e. The van der Waals surface area contributed by atoms with Crippen LogP contribution in [0.4, 0.5) is 5.82 Å². The second-order valence-corrected chi connectivity index (χ2v) is 7.19. The van der Waals surface area contributed by atoms with Crippen LogP contribution in [-0.2, 0) is 16.1 Å². The molecule has 0 fully saturated rings. The number of thiophene rings is 1. The van der Waals surface area contributed by atoms with Crippen molar-refractivity contribution < 1.29 is 14.3 Å². The number of carbonyl (C=O) groups excluding carboxylic acids is 2. The van der Waals surface area contributed by atoms with Crippen molar-refractivity contribution in [3.05, 3.63) is 34.2 Å². The molecule has 2 aromatic heterocycles. The van der Waals surface area contributed by atoms with Gasteiger partial charge in [-0.2, -0.15) is 0 Å². The lowest BCUT2D eigenvalue weighted by Gasteiger charge is -2.14. The molecule has 134 valence electrons. The number of amides is 1. The highest BCUT2D eigenvalue weighted by Crippen LogP contribution is 2.24. The lowest BCUT2D eigenvalue weighted by molar-refractivity contribution is -0.120. The van der Waals surface area contributed by atoms with E-state index in [1.165, 1.54) is 18.0 Å². The molecule has 0 bridgehead atoms. The van der Waals surface area contributed by atoms with Crippen LogP contribution in [0.1, 0.15) is 35.5 Å². The number of carbonyl (C=O) groups is 2. The zero-order valence-electron chi connectivity index (χ0n) is 14.0. The Bertz CT molecular complexity index is 722. The van der Waals surface area contributed by atoms with E-state index in [2.05, 4.69) is 15.3 Å². The molecule has 25 heavy (non-hydrogen) atoms. The van der Waals surface area contributed by atoms with Crippen LogP contribution in [0, 0.1) is 0 Å². The zero-order valence-corrected chi connectivity index (χ0v) is 15.7. The summed E-state index contributed by atoms with van der Waals surface area (Å²) in [5.74, 6) is -0.598. The van der Waals surface area contributed by atoms with Crippen LogP contribution in [-0.4, -0.2) is 33.7 Å². The summed E-state index contributed by atoms with van der Waals surface area (Å²) in [5.41, 5.74) is 5.93. The predicted octanol–water partition coefficient (Wildman–Crippen LogP) is 2.48. The van der Waals surface area contributed by atoms with Crippen LogP contribution < -0.4 is 11.1 Å². The maximum atomic E-state index is 12.3. The van der Waals surface area contributed by atoms with Gasteiger partial charge in [-0.25, -0.2) is 14.8 Å². The number of hydrogen-bond donors (Lipinski definition) is 2. The molecule has 0 spiro atoms. The first-order chi connectivity index (χ1) is 12.0. The number of esters is 1. The highest BCUT2D eigenvalue weighted by Gasteiger charge is 2.21. The summed E-state index contributed by atoms with van der Waals surface area (Å²) in [5, 5.41) is 4.89. The molecule has 0 aliphatic rings. The minimum atomic E-state index is -0.558. The second-order valence-electron chi connectivity index (χ2n) is 4.98. The number of thioether (sulfide) groups is 1. The molecule has 0 saturated carbocycles. The van der Waals surface area contributed by atoms with Crippen LogP contribution in [0.25, 0.3) is 0 Å². The van der Waals surface area contributed by atoms with E-state index < -0.39 is 5.97 Å². The average Bonchev–Trinajstić information content (AvgIpc) is 3.11. The van der Waals surface area contributed by atoms with Gasteiger partial charge in [0.15, 0.2) is 5.16 Å². The van der Waals surface area contributed by atoms with Crippen molar-refractivity contribution in [1.82, 2.24) is 15.3 Å². The molecule has 9 heteroatoms. The Morgan fingerprint density at radius 3 is 2.84 bits per heavy atom. The smallest absolute Gasteiger partial charge is 0.343 e. The number of nitrogen functional groups attached to an aromatic ring is 1. The Hall–Kier alpha value is -2.13. The molecular formula is C16H20N4O3S2. The number of nitrogens with zero attached hydrogens (tertiary/aromatic N) is 2. The molecule has 1 unspecified atom stereocenters. The van der Waals surface area contributed by atoms with Crippen molar-refractivity contribution in [3.63, 3.8) is 0 Å². The number of hydrogen-bond acceptors (Lipinski definition) is 8. The molecule has 2 aromatic rings. The van der Waals surface area contributed by atoms with Gasteiger partial charge in [-0.3, -0.25) is 4.79 Å². The maximum absolute atomic E-state index is 12.3. The van der Waals surface area contributed by atoms with Crippen molar-refractivity contribution in [2.75, 3.05) is 12.3 Å². The van der Waals surface area contributed by atoms with Gasteiger partial charge in [0.05, 0.1) is 18.4 Å². The summed E-state index contributed by atoms with van der Waals surface area (Å²) in [7, 11) is 0. The van der Waals surface area contributed by atoms with Crippen LogP contribution >= 0.6 is 23.1 Å². The Kier molecular flexibility index (Phi) is 7.20. The molecule has 0 aliphatic heterocycles. The van der Waals surface area contributed by atoms with E-state index in [9.17, 15) is 9.59 Å². The van der Waals surface area contributed by atoms with Gasteiger partial charge in [-0.1, -0.05) is 24.8 Å². The van der Waals surface area contributed by atoms with Gasteiger partial charge in [0.25, 0.3) is 0 Å². The van der Waals surface area contributed by atoms with Gasteiger partial charge in [-0.05, 0) is 24.8 Å². The second kappa shape index (κ2) is 9.38.